The van der Waals surface area contributed by atoms with Crippen molar-refractivity contribution >= 4 is 33.1 Å². The lowest BCUT2D eigenvalue weighted by Gasteiger charge is -2.38. The van der Waals surface area contributed by atoms with Gasteiger partial charge in [-0.1, -0.05) is 30.3 Å². The van der Waals surface area contributed by atoms with Gasteiger partial charge in [0.15, 0.2) is 0 Å². The zero-order chi connectivity index (χ0) is 29.5. The van der Waals surface area contributed by atoms with Crippen LogP contribution in [0.4, 0.5) is 26.2 Å². The number of nitrogens with zero attached hydrogens (tertiary/aromatic N) is 3. The van der Waals surface area contributed by atoms with Crippen molar-refractivity contribution in [1.82, 2.24) is 9.88 Å². The molecule has 42 heavy (non-hydrogen) atoms. The summed E-state index contributed by atoms with van der Waals surface area (Å²) in [5.41, 5.74) is 2.71. The number of hydrogen-bond acceptors (Lipinski definition) is 6. The fourth-order valence-corrected chi connectivity index (χ4v) is 5.48. The lowest BCUT2D eigenvalue weighted by Crippen LogP contribution is -2.49. The Bertz CT molecular complexity index is 1590. The summed E-state index contributed by atoms with van der Waals surface area (Å²) in [5, 5.41) is 2.85. The Hall–Kier alpha value is -4.48. The minimum absolute atomic E-state index is 0.00914. The van der Waals surface area contributed by atoms with E-state index in [1.54, 1.807) is 53.6 Å². The average Bonchev–Trinajstić information content (AvgIpc) is 2.96. The third kappa shape index (κ3) is 8.05. The number of carbonyl (C=O) groups excluding carboxylic acids is 1. The summed E-state index contributed by atoms with van der Waals surface area (Å²) in [6.07, 6.45) is 4.44. The van der Waals surface area contributed by atoms with Crippen molar-refractivity contribution in [3.05, 3.63) is 109 Å². The molecule has 0 atom stereocenters. The van der Waals surface area contributed by atoms with Gasteiger partial charge < -0.3 is 10.1 Å². The van der Waals surface area contributed by atoms with Gasteiger partial charge in [0.2, 0.25) is 15.9 Å². The summed E-state index contributed by atoms with van der Waals surface area (Å²) >= 11 is 0. The molecule has 1 aliphatic rings. The number of piperidine rings is 1. The molecule has 4 aromatic rings. The Morgan fingerprint density at radius 1 is 0.976 bits per heavy atom. The molecule has 0 saturated carbocycles. The molecule has 2 N–H and O–H groups in total. The van der Waals surface area contributed by atoms with Gasteiger partial charge >= 0.3 is 6.03 Å². The lowest BCUT2D eigenvalue weighted by atomic mass is 10.0. The zero-order valence-electron chi connectivity index (χ0n) is 23.1. The molecule has 0 bridgehead atoms. The number of hydrogen-bond donors (Lipinski definition) is 2. The third-order valence-corrected chi connectivity index (χ3v) is 7.44. The summed E-state index contributed by atoms with van der Waals surface area (Å²) in [4.78, 5) is 21.9. The Morgan fingerprint density at radius 2 is 1.71 bits per heavy atom. The monoisotopic (exact) mass is 589 g/mol. The summed E-state index contributed by atoms with van der Waals surface area (Å²) in [6, 6.07) is 25.5. The first-order chi connectivity index (χ1) is 20.2. The predicted molar refractivity (Wildman–Crippen MR) is 162 cm³/mol. The van der Waals surface area contributed by atoms with E-state index in [0.29, 0.717) is 29.5 Å². The number of aromatic nitrogens is 1. The molecule has 0 radical (unpaired) electrons. The number of ether oxygens (including phenoxy) is 1. The smallest absolute Gasteiger partial charge is 0.326 e. The maximum Gasteiger partial charge on any atom is 0.326 e. The van der Waals surface area contributed by atoms with Crippen LogP contribution in [0, 0.1) is 5.82 Å². The van der Waals surface area contributed by atoms with Crippen molar-refractivity contribution in [1.29, 1.82) is 0 Å². The van der Waals surface area contributed by atoms with Gasteiger partial charge in [-0.15, -0.1) is 0 Å². The van der Waals surface area contributed by atoms with E-state index in [2.05, 4.69) is 19.9 Å². The molecule has 2 amide bonds. The highest BCUT2D eigenvalue weighted by molar-refractivity contribution is 7.92. The molecule has 1 saturated heterocycles. The first kappa shape index (κ1) is 29.0. The van der Waals surface area contributed by atoms with E-state index in [0.717, 1.165) is 43.4 Å². The van der Waals surface area contributed by atoms with Crippen molar-refractivity contribution in [2.45, 2.75) is 25.4 Å². The average molecular weight is 590 g/mol. The van der Waals surface area contributed by atoms with Gasteiger partial charge in [0.25, 0.3) is 0 Å². The third-order valence-electron chi connectivity index (χ3n) is 6.84. The van der Waals surface area contributed by atoms with E-state index in [-0.39, 0.29) is 12.1 Å². The topological polar surface area (TPSA) is 104 Å². The van der Waals surface area contributed by atoms with Gasteiger partial charge in [-0.3, -0.25) is 14.5 Å². The molecule has 3 aromatic carbocycles. The number of anilines is 3. The Morgan fingerprint density at radius 3 is 2.36 bits per heavy atom. The second kappa shape index (κ2) is 13.0. The van der Waals surface area contributed by atoms with Crippen molar-refractivity contribution in [2.75, 3.05) is 34.3 Å². The van der Waals surface area contributed by atoms with Gasteiger partial charge in [0, 0.05) is 55.0 Å². The molecule has 1 aliphatic heterocycles. The zero-order valence-corrected chi connectivity index (χ0v) is 23.9. The van der Waals surface area contributed by atoms with Gasteiger partial charge in [-0.05, 0) is 73.0 Å². The number of rotatable bonds is 9. The van der Waals surface area contributed by atoms with Crippen molar-refractivity contribution < 1.29 is 22.3 Å². The number of benzene rings is 3. The molecule has 1 aromatic heterocycles. The Labute approximate surface area is 245 Å². The summed E-state index contributed by atoms with van der Waals surface area (Å²) in [7, 11) is -3.34. The van der Waals surface area contributed by atoms with E-state index < -0.39 is 15.8 Å². The molecule has 0 spiro atoms. The molecule has 9 nitrogen and oxygen atoms in total. The number of halogens is 1. The van der Waals surface area contributed by atoms with Crippen LogP contribution < -0.4 is 19.7 Å². The highest BCUT2D eigenvalue weighted by atomic mass is 32.2. The van der Waals surface area contributed by atoms with Gasteiger partial charge in [0.1, 0.15) is 11.6 Å². The fourth-order valence-electron chi connectivity index (χ4n) is 4.92. The molecular formula is C31H32FN5O4S. The van der Waals surface area contributed by atoms with Crippen LogP contribution in [0.15, 0.2) is 97.2 Å². The number of sulfonamides is 1. The van der Waals surface area contributed by atoms with Gasteiger partial charge in [-0.25, -0.2) is 22.6 Å². The number of urea groups is 1. The summed E-state index contributed by atoms with van der Waals surface area (Å²) in [6.45, 7) is 2.31. The van der Waals surface area contributed by atoms with Gasteiger partial charge in [-0.2, -0.15) is 0 Å². The number of carbonyl (C=O) groups is 1. The van der Waals surface area contributed by atoms with Crippen LogP contribution in [-0.2, 0) is 16.6 Å². The summed E-state index contributed by atoms with van der Waals surface area (Å²) in [5.74, 6) is 0.574. The van der Waals surface area contributed by atoms with Crippen LogP contribution in [0.3, 0.4) is 0 Å². The molecule has 0 aliphatic carbocycles. The van der Waals surface area contributed by atoms with Gasteiger partial charge in [0.05, 0.1) is 6.26 Å². The lowest BCUT2D eigenvalue weighted by molar-refractivity contribution is 0.199. The van der Waals surface area contributed by atoms with Crippen molar-refractivity contribution in [3.8, 4) is 11.6 Å². The number of para-hydroxylation sites is 1. The van der Waals surface area contributed by atoms with Crippen molar-refractivity contribution in [3.63, 3.8) is 0 Å². The summed E-state index contributed by atoms with van der Waals surface area (Å²) < 4.78 is 44.6. The number of likely N-dealkylation sites (tertiary alicyclic amines) is 1. The van der Waals surface area contributed by atoms with E-state index in [9.17, 15) is 17.6 Å². The van der Waals surface area contributed by atoms with Crippen molar-refractivity contribution in [2.24, 2.45) is 0 Å². The molecule has 2 heterocycles. The highest BCUT2D eigenvalue weighted by Gasteiger charge is 2.29. The molecule has 0 unspecified atom stereocenters. The fraction of sp³-hybridized carbons (Fsp3) is 0.226. The van der Waals surface area contributed by atoms with Crippen LogP contribution in [0.1, 0.15) is 18.4 Å². The number of nitrogens with one attached hydrogen (secondary N) is 2. The molecule has 218 valence electrons. The van der Waals surface area contributed by atoms with Crippen LogP contribution >= 0.6 is 0 Å². The van der Waals surface area contributed by atoms with E-state index in [1.807, 2.05) is 36.4 Å². The number of amides is 2. The Kier molecular flexibility index (Phi) is 8.99. The first-order valence-electron chi connectivity index (χ1n) is 13.6. The maximum absolute atomic E-state index is 13.7. The minimum Gasteiger partial charge on any atom is -0.439 e. The second-order valence-electron chi connectivity index (χ2n) is 10.2. The van der Waals surface area contributed by atoms with Crippen LogP contribution in [0.2, 0.25) is 0 Å². The maximum atomic E-state index is 13.7. The minimum atomic E-state index is -3.34. The standard InChI is InChI=1S/C31H32FN5O4S/c1-42(39,40)35-25-11-13-29(14-12-25)41-30-15-10-23(21-33-30)22-36-18-16-28(17-19-36)37(27-8-3-2-4-9-27)31(38)34-26-7-5-6-24(32)20-26/h2-15,20-21,28,35H,16-19,22H2,1H3,(H,34,38). The molecular weight excluding hydrogens is 557 g/mol. The quantitative estimate of drug-likeness (QED) is 0.245. The van der Waals surface area contributed by atoms with E-state index in [4.69, 9.17) is 4.74 Å². The molecule has 11 heteroatoms. The molecule has 5 rings (SSSR count). The second-order valence-corrected chi connectivity index (χ2v) is 11.9. The van der Waals surface area contributed by atoms with Crippen LogP contribution in [0.5, 0.6) is 11.6 Å². The van der Waals surface area contributed by atoms with Crippen LogP contribution in [0.25, 0.3) is 0 Å². The first-order valence-corrected chi connectivity index (χ1v) is 15.4. The van der Waals surface area contributed by atoms with Crippen LogP contribution in [-0.4, -0.2) is 49.7 Å². The molecule has 1 fully saturated rings. The predicted octanol–water partition coefficient (Wildman–Crippen LogP) is 6.09. The number of pyridine rings is 1. The SMILES string of the molecule is CS(=O)(=O)Nc1ccc(Oc2ccc(CN3CCC(N(C(=O)Nc4cccc(F)c4)c4ccccc4)CC3)cn2)cc1. The Balaban J connectivity index is 1.16. The normalized spacial score (nSPS) is 14.2. The largest absolute Gasteiger partial charge is 0.439 e. The van der Waals surface area contributed by atoms with E-state index >= 15 is 0 Å². The van der Waals surface area contributed by atoms with E-state index in [1.165, 1.54) is 12.1 Å². The highest BCUT2D eigenvalue weighted by Crippen LogP contribution is 2.27.